The van der Waals surface area contributed by atoms with Gasteiger partial charge in [-0.05, 0) is 93.1 Å². The van der Waals surface area contributed by atoms with E-state index in [1.807, 2.05) is 120 Å². The summed E-state index contributed by atoms with van der Waals surface area (Å²) in [6.45, 7) is 12.6. The van der Waals surface area contributed by atoms with Gasteiger partial charge in [0.2, 0.25) is 5.91 Å². The molecule has 1 aliphatic rings. The van der Waals surface area contributed by atoms with E-state index in [2.05, 4.69) is 29.2 Å². The number of nitrogens with zero attached hydrogens (tertiary/aromatic N) is 3. The molecule has 0 fully saturated rings. The van der Waals surface area contributed by atoms with Crippen LogP contribution in [0.25, 0.3) is 22.0 Å². The molecule has 54 heavy (non-hydrogen) atoms. The highest BCUT2D eigenvalue weighted by molar-refractivity contribution is 5.88. The van der Waals surface area contributed by atoms with E-state index in [-0.39, 0.29) is 31.3 Å². The summed E-state index contributed by atoms with van der Waals surface area (Å²) in [6.07, 6.45) is -0.0343. The summed E-state index contributed by atoms with van der Waals surface area (Å²) in [5.41, 5.74) is 6.26. The van der Waals surface area contributed by atoms with Gasteiger partial charge < -0.3 is 24.2 Å². The second kappa shape index (κ2) is 16.8. The molecule has 5 aromatic rings. The quantitative estimate of drug-likeness (QED) is 0.107. The number of carboxylic acid groups (broad SMARTS) is 1. The highest BCUT2D eigenvalue weighted by atomic mass is 16.7. The summed E-state index contributed by atoms with van der Waals surface area (Å²) in [4.78, 5) is 36.8. The summed E-state index contributed by atoms with van der Waals surface area (Å²) in [5.74, 6) is 0.0780. The topological polar surface area (TPSA) is 101 Å². The maximum absolute atomic E-state index is 15.5. The minimum Gasteiger partial charge on any atom is -0.488 e. The molecular formula is C45H51N3O6. The number of benzene rings is 4. The van der Waals surface area contributed by atoms with Crippen LogP contribution in [0, 0.1) is 0 Å². The Balaban J connectivity index is 1.45. The van der Waals surface area contributed by atoms with Gasteiger partial charge in [0, 0.05) is 50.2 Å². The molecular weight excluding hydrogens is 679 g/mol. The van der Waals surface area contributed by atoms with E-state index >= 15 is 4.79 Å². The molecule has 9 heteroatoms. The monoisotopic (exact) mass is 729 g/mol. The van der Waals surface area contributed by atoms with Crippen molar-refractivity contribution in [1.82, 2.24) is 14.8 Å². The lowest BCUT2D eigenvalue weighted by atomic mass is 9.94. The molecule has 2 atom stereocenters. The van der Waals surface area contributed by atoms with Crippen LogP contribution in [0.1, 0.15) is 69.7 Å². The molecule has 0 bridgehead atoms. The lowest BCUT2D eigenvalue weighted by Gasteiger charge is -2.39. The number of rotatable bonds is 15. The van der Waals surface area contributed by atoms with Crippen LogP contribution < -0.4 is 4.74 Å². The zero-order valence-corrected chi connectivity index (χ0v) is 32.1. The third kappa shape index (κ3) is 8.59. The van der Waals surface area contributed by atoms with Crippen LogP contribution in [0.3, 0.4) is 0 Å². The second-order valence-corrected chi connectivity index (χ2v) is 14.7. The highest BCUT2D eigenvalue weighted by Crippen LogP contribution is 2.45. The van der Waals surface area contributed by atoms with E-state index in [0.717, 1.165) is 44.3 Å². The molecule has 0 radical (unpaired) electrons. The third-order valence-corrected chi connectivity index (χ3v) is 9.91. The average molecular weight is 730 g/mol. The maximum Gasteiger partial charge on any atom is 0.408 e. The van der Waals surface area contributed by atoms with E-state index in [1.165, 1.54) is 4.90 Å². The molecule has 2 amide bonds. The minimum absolute atomic E-state index is 0.0867. The number of carbonyl (C=O) groups is 2. The number of hydrogen-bond acceptors (Lipinski definition) is 6. The molecule has 0 saturated heterocycles. The Kier molecular flexibility index (Phi) is 12.0. The van der Waals surface area contributed by atoms with Crippen molar-refractivity contribution in [3.63, 3.8) is 0 Å². The largest absolute Gasteiger partial charge is 0.488 e. The zero-order chi connectivity index (χ0) is 38.4. The van der Waals surface area contributed by atoms with Gasteiger partial charge in [-0.15, -0.1) is 0 Å². The van der Waals surface area contributed by atoms with E-state index in [9.17, 15) is 9.90 Å². The first kappa shape index (κ1) is 38.5. The molecule has 0 spiro atoms. The maximum atomic E-state index is 15.5. The molecule has 6 rings (SSSR count). The Morgan fingerprint density at radius 3 is 2.00 bits per heavy atom. The van der Waals surface area contributed by atoms with Gasteiger partial charge in [-0.2, -0.15) is 0 Å². The van der Waals surface area contributed by atoms with Gasteiger partial charge in [0.05, 0.1) is 11.6 Å². The SMILES string of the molecule is CCOC(OCC)[C@H](C)N(Cc1cccc2cccnc12)C(=O)[C@H](Cc1ccc(OC(C)(C)C)cc1)N(CC1c2ccccc2-c2ccccc21)C(=O)O. The van der Waals surface area contributed by atoms with E-state index in [0.29, 0.717) is 19.0 Å². The van der Waals surface area contributed by atoms with Gasteiger partial charge in [0.25, 0.3) is 0 Å². The smallest absolute Gasteiger partial charge is 0.408 e. The van der Waals surface area contributed by atoms with Crippen molar-refractivity contribution in [3.05, 3.63) is 132 Å². The summed E-state index contributed by atoms with van der Waals surface area (Å²) >= 11 is 0. The Hall–Kier alpha value is -5.25. The summed E-state index contributed by atoms with van der Waals surface area (Å²) < 4.78 is 18.2. The summed E-state index contributed by atoms with van der Waals surface area (Å²) in [7, 11) is 0. The number of pyridine rings is 1. The highest BCUT2D eigenvalue weighted by Gasteiger charge is 2.40. The number of amides is 2. The van der Waals surface area contributed by atoms with Crippen LogP contribution in [-0.4, -0.2) is 75.6 Å². The predicted molar refractivity (Wildman–Crippen MR) is 212 cm³/mol. The fourth-order valence-electron chi connectivity index (χ4n) is 7.49. The molecule has 9 nitrogen and oxygen atoms in total. The van der Waals surface area contributed by atoms with Crippen LogP contribution in [0.15, 0.2) is 109 Å². The Morgan fingerprint density at radius 2 is 1.41 bits per heavy atom. The summed E-state index contributed by atoms with van der Waals surface area (Å²) in [6, 6.07) is 31.9. The number of carbonyl (C=O) groups excluding carboxylic acids is 1. The van der Waals surface area contributed by atoms with Crippen molar-refractivity contribution in [2.75, 3.05) is 19.8 Å². The van der Waals surface area contributed by atoms with E-state index < -0.39 is 30.1 Å². The molecule has 0 aliphatic heterocycles. The lowest BCUT2D eigenvalue weighted by Crippen LogP contribution is -2.56. The fraction of sp³-hybridized carbons (Fsp3) is 0.356. The Morgan fingerprint density at radius 1 is 0.796 bits per heavy atom. The molecule has 282 valence electrons. The van der Waals surface area contributed by atoms with Gasteiger partial charge in [-0.3, -0.25) is 14.7 Å². The fourth-order valence-corrected chi connectivity index (χ4v) is 7.49. The molecule has 0 saturated carbocycles. The molecule has 0 unspecified atom stereocenters. The van der Waals surface area contributed by atoms with Gasteiger partial charge in [0.15, 0.2) is 6.29 Å². The van der Waals surface area contributed by atoms with E-state index in [1.54, 1.807) is 11.1 Å². The van der Waals surface area contributed by atoms with Crippen LogP contribution in [0.5, 0.6) is 5.75 Å². The first-order valence-corrected chi connectivity index (χ1v) is 18.8. The van der Waals surface area contributed by atoms with Crippen molar-refractivity contribution in [2.24, 2.45) is 0 Å². The lowest BCUT2D eigenvalue weighted by molar-refractivity contribution is -0.180. The number of fused-ring (bicyclic) bond motifs is 4. The van der Waals surface area contributed by atoms with Crippen molar-refractivity contribution in [1.29, 1.82) is 0 Å². The molecule has 1 N–H and O–H groups in total. The van der Waals surface area contributed by atoms with Crippen LogP contribution in [0.2, 0.25) is 0 Å². The first-order valence-electron chi connectivity index (χ1n) is 18.8. The predicted octanol–water partition coefficient (Wildman–Crippen LogP) is 8.93. The molecule has 1 aliphatic carbocycles. The standard InChI is InChI=1S/C45H51N3O6/c1-7-52-43(53-8-2)30(3)47(28-33-16-13-15-32-17-14-26-46-41(32)33)42(49)40(27-31-22-24-34(25-23-31)54-45(4,5)6)48(44(50)51)29-39-37-20-11-9-18-35(37)36-19-10-12-21-38(36)39/h9-26,30,39-40,43H,7-8,27-29H2,1-6H3,(H,50,51)/t30-,40-/m0/s1. The molecule has 1 heterocycles. The number of aromatic nitrogens is 1. The van der Waals surface area contributed by atoms with Gasteiger partial charge in [-0.25, -0.2) is 4.79 Å². The number of para-hydroxylation sites is 1. The second-order valence-electron chi connectivity index (χ2n) is 14.7. The Labute approximate surface area is 318 Å². The van der Waals surface area contributed by atoms with E-state index in [4.69, 9.17) is 14.2 Å². The van der Waals surface area contributed by atoms with Crippen LogP contribution in [0.4, 0.5) is 4.79 Å². The average Bonchev–Trinajstić information content (AvgIpc) is 3.47. The molecule has 4 aromatic carbocycles. The van der Waals surface area contributed by atoms with Crippen molar-refractivity contribution >= 4 is 22.9 Å². The van der Waals surface area contributed by atoms with Crippen LogP contribution in [-0.2, 0) is 27.2 Å². The minimum atomic E-state index is -1.17. The first-order chi connectivity index (χ1) is 26.0. The third-order valence-electron chi connectivity index (χ3n) is 9.91. The Bertz CT molecular complexity index is 2000. The van der Waals surface area contributed by atoms with Crippen molar-refractivity contribution in [2.45, 2.75) is 84.4 Å². The molecule has 1 aromatic heterocycles. The van der Waals surface area contributed by atoms with Crippen molar-refractivity contribution < 1.29 is 28.9 Å². The van der Waals surface area contributed by atoms with Crippen LogP contribution >= 0.6 is 0 Å². The normalized spacial score (nSPS) is 13.7. The van der Waals surface area contributed by atoms with Crippen molar-refractivity contribution in [3.8, 4) is 16.9 Å². The number of hydrogen-bond donors (Lipinski definition) is 1. The zero-order valence-electron chi connectivity index (χ0n) is 32.1. The number of ether oxygens (including phenoxy) is 3. The van der Waals surface area contributed by atoms with Gasteiger partial charge in [-0.1, -0.05) is 84.9 Å². The van der Waals surface area contributed by atoms with Gasteiger partial charge in [0.1, 0.15) is 17.4 Å². The summed E-state index contributed by atoms with van der Waals surface area (Å²) in [5, 5.41) is 12.0. The van der Waals surface area contributed by atoms with Gasteiger partial charge >= 0.3 is 6.09 Å².